The summed E-state index contributed by atoms with van der Waals surface area (Å²) in [5.74, 6) is 0.318. The number of nitrogens with one attached hydrogen (secondary N) is 2. The molecule has 10 rings (SSSR count). The summed E-state index contributed by atoms with van der Waals surface area (Å²) in [5, 5.41) is 11.1. The number of anilines is 3. The number of nitrogens with two attached hydrogens (primary N) is 1. The summed E-state index contributed by atoms with van der Waals surface area (Å²) in [6.07, 6.45) is 12.1. The Morgan fingerprint density at radius 3 is 2.49 bits per heavy atom. The molecular formula is C44H52N10O5. The fourth-order valence-corrected chi connectivity index (χ4v) is 11.1. The van der Waals surface area contributed by atoms with E-state index < -0.39 is 11.8 Å². The zero-order chi connectivity index (χ0) is 40.4. The Bertz CT molecular complexity index is 2300. The van der Waals surface area contributed by atoms with E-state index >= 15 is 0 Å². The van der Waals surface area contributed by atoms with Crippen molar-refractivity contribution >= 4 is 52.0 Å². The number of carbonyl (C=O) groups excluding carboxylic acids is 4. The minimum atomic E-state index is -0.643. The molecule has 0 radical (unpaired) electrons. The lowest BCUT2D eigenvalue weighted by Crippen LogP contribution is -2.53. The van der Waals surface area contributed by atoms with Gasteiger partial charge in [-0.3, -0.25) is 24.6 Å². The van der Waals surface area contributed by atoms with Gasteiger partial charge in [0.15, 0.2) is 17.1 Å². The predicted octanol–water partition coefficient (Wildman–Crippen LogP) is 4.83. The van der Waals surface area contributed by atoms with Crippen LogP contribution in [-0.4, -0.2) is 111 Å². The van der Waals surface area contributed by atoms with Gasteiger partial charge in [-0.05, 0) is 98.9 Å². The van der Waals surface area contributed by atoms with Gasteiger partial charge in [-0.2, -0.15) is 0 Å². The van der Waals surface area contributed by atoms with Gasteiger partial charge in [-0.15, -0.1) is 0 Å². The minimum absolute atomic E-state index is 0.0715. The van der Waals surface area contributed by atoms with Crippen molar-refractivity contribution in [3.05, 3.63) is 70.7 Å². The molecule has 5 amide bonds. The number of primary amides is 1. The summed E-state index contributed by atoms with van der Waals surface area (Å²) >= 11 is 0. The van der Waals surface area contributed by atoms with E-state index in [9.17, 15) is 19.2 Å². The Kier molecular flexibility index (Phi) is 9.73. The molecule has 5 fully saturated rings. The number of carbonyl (C=O) groups is 4. The average Bonchev–Trinajstić information content (AvgIpc) is 3.94. The molecule has 7 heterocycles. The maximum atomic E-state index is 12.7. The Balaban J connectivity index is 0.790. The summed E-state index contributed by atoms with van der Waals surface area (Å²) in [7, 11) is 1.84. The van der Waals surface area contributed by atoms with Crippen LogP contribution >= 0.6 is 0 Å². The second-order valence-electron chi connectivity index (χ2n) is 17.7. The smallest absolute Gasteiger partial charge is 0.320 e. The van der Waals surface area contributed by atoms with Crippen LogP contribution in [0, 0.1) is 5.92 Å². The van der Waals surface area contributed by atoms with Crippen LogP contribution in [0.3, 0.4) is 0 Å². The number of hydrogen-bond acceptors (Lipinski definition) is 11. The molecule has 59 heavy (non-hydrogen) atoms. The summed E-state index contributed by atoms with van der Waals surface area (Å²) in [6, 6.07) is 14.0. The number of likely N-dealkylation sites (N-methyl/N-ethyl adjacent to an activating group) is 1. The molecule has 15 heteroatoms. The highest BCUT2D eigenvalue weighted by Gasteiger charge is 2.41. The van der Waals surface area contributed by atoms with E-state index in [4.69, 9.17) is 15.2 Å². The van der Waals surface area contributed by atoms with Gasteiger partial charge in [0.05, 0.1) is 18.2 Å². The van der Waals surface area contributed by atoms with Gasteiger partial charge in [-0.1, -0.05) is 29.8 Å². The molecule has 0 saturated carbocycles. The highest BCUT2D eigenvalue weighted by molar-refractivity contribution is 6.02. The molecule has 3 unspecified atom stereocenters. The maximum absolute atomic E-state index is 12.7. The molecule has 308 valence electrons. The normalized spacial score (nSPS) is 27.3. The number of aromatic nitrogens is 3. The summed E-state index contributed by atoms with van der Waals surface area (Å²) in [6.45, 7) is 3.98. The van der Waals surface area contributed by atoms with Crippen molar-refractivity contribution in [2.45, 2.75) is 101 Å². The fraction of sp³-hybridized carbons (Fsp3) is 0.523. The molecule has 0 spiro atoms. The minimum Gasteiger partial charge on any atom is -0.364 e. The van der Waals surface area contributed by atoms with Crippen molar-refractivity contribution in [2.75, 3.05) is 50.0 Å². The molecule has 4 aromatic rings. The Morgan fingerprint density at radius 2 is 1.75 bits per heavy atom. The first-order valence-electron chi connectivity index (χ1n) is 21.5. The van der Waals surface area contributed by atoms with E-state index in [1.54, 1.807) is 11.1 Å². The van der Waals surface area contributed by atoms with Crippen LogP contribution in [0.1, 0.15) is 102 Å². The molecule has 2 aromatic heterocycles. The molecule has 2 aromatic carbocycles. The first-order chi connectivity index (χ1) is 28.7. The van der Waals surface area contributed by atoms with Crippen molar-refractivity contribution in [2.24, 2.45) is 11.7 Å². The van der Waals surface area contributed by atoms with Gasteiger partial charge >= 0.3 is 6.03 Å². The van der Waals surface area contributed by atoms with E-state index in [1.807, 2.05) is 11.9 Å². The zero-order valence-electron chi connectivity index (χ0n) is 33.6. The van der Waals surface area contributed by atoms with Crippen LogP contribution in [0.2, 0.25) is 0 Å². The van der Waals surface area contributed by atoms with Crippen molar-refractivity contribution in [1.82, 2.24) is 35.1 Å². The highest BCUT2D eigenvalue weighted by atomic mass is 16.5. The standard InChI is InChI=1S/C44H52N10O5/c1-51-16-17-53(44(51)58)32-6-3-15-52(24-32)36-22-46-39(41(45)56)42(48-36)47-29-10-7-26(8-11-29)28-20-30-4-2-5-31(21-28)54(30)23-25-18-27-9-12-33-38(50-59-40(33)35(27)19-25)34-13-14-37(55)49-43(34)57/h7-12,22,25,28,30-32,34H,2-6,13-21,23-24H2,1H3,(H2,45,56)(H,47,48)(H,49,55,57)/t25-,28?,30?,31?,32+,34?/m0/s1. The van der Waals surface area contributed by atoms with Crippen LogP contribution in [0.4, 0.5) is 22.1 Å². The molecule has 1 aliphatic carbocycles. The lowest BCUT2D eigenvalue weighted by molar-refractivity contribution is -0.134. The lowest BCUT2D eigenvalue weighted by atomic mass is 9.75. The number of nitrogens with zero attached hydrogens (tertiary/aromatic N) is 7. The molecule has 2 bridgehead atoms. The Hall–Kier alpha value is -5.57. The number of benzene rings is 2. The van der Waals surface area contributed by atoms with Crippen molar-refractivity contribution in [3.8, 4) is 0 Å². The van der Waals surface area contributed by atoms with Crippen LogP contribution < -0.4 is 21.3 Å². The largest absolute Gasteiger partial charge is 0.364 e. The van der Waals surface area contributed by atoms with Gasteiger partial charge in [0.1, 0.15) is 11.5 Å². The van der Waals surface area contributed by atoms with Crippen molar-refractivity contribution in [1.29, 1.82) is 0 Å². The quantitative estimate of drug-likeness (QED) is 0.197. The second-order valence-corrected chi connectivity index (χ2v) is 17.7. The highest BCUT2D eigenvalue weighted by Crippen LogP contribution is 2.44. The average molecular weight is 801 g/mol. The summed E-state index contributed by atoms with van der Waals surface area (Å²) in [4.78, 5) is 67.5. The summed E-state index contributed by atoms with van der Waals surface area (Å²) in [5.41, 5.74) is 12.0. The predicted molar refractivity (Wildman–Crippen MR) is 220 cm³/mol. The van der Waals surface area contributed by atoms with E-state index in [0.717, 1.165) is 81.4 Å². The van der Waals surface area contributed by atoms with Crippen LogP contribution in [-0.2, 0) is 22.4 Å². The third-order valence-electron chi connectivity index (χ3n) is 14.1. The van der Waals surface area contributed by atoms with Gasteiger partial charge in [-0.25, -0.2) is 14.8 Å². The molecular weight excluding hydrogens is 749 g/mol. The van der Waals surface area contributed by atoms with E-state index in [0.29, 0.717) is 60.6 Å². The molecule has 4 N–H and O–H groups in total. The number of piperidine rings is 4. The van der Waals surface area contributed by atoms with Gasteiger partial charge in [0.25, 0.3) is 5.91 Å². The number of urea groups is 1. The molecule has 15 nitrogen and oxygen atoms in total. The monoisotopic (exact) mass is 800 g/mol. The topological polar surface area (TPSA) is 183 Å². The lowest BCUT2D eigenvalue weighted by Gasteiger charge is -2.50. The molecule has 5 saturated heterocycles. The van der Waals surface area contributed by atoms with Crippen LogP contribution in [0.25, 0.3) is 11.0 Å². The van der Waals surface area contributed by atoms with E-state index in [1.165, 1.54) is 36.0 Å². The number of hydrogen-bond donors (Lipinski definition) is 3. The number of amides is 5. The molecule has 5 aliphatic heterocycles. The first kappa shape index (κ1) is 37.7. The Labute approximate surface area is 343 Å². The van der Waals surface area contributed by atoms with Crippen LogP contribution in [0.5, 0.6) is 0 Å². The molecule has 5 atom stereocenters. The van der Waals surface area contributed by atoms with E-state index in [2.05, 4.69) is 67.0 Å². The van der Waals surface area contributed by atoms with Gasteiger partial charge < -0.3 is 30.3 Å². The SMILES string of the molecule is CN1CCN([C@@H]2CCCN(c3cnc(C(N)=O)c(Nc4ccc(C5CC6CCCC(C5)N6C[C@H]5Cc6ccc7c(C8CCC(=O)NC8=O)noc7c6C5)cc4)n3)C2)C1=O. The third-order valence-corrected chi connectivity index (χ3v) is 14.1. The Morgan fingerprint density at radius 1 is 0.949 bits per heavy atom. The van der Waals surface area contributed by atoms with Gasteiger partial charge in [0.2, 0.25) is 11.8 Å². The third kappa shape index (κ3) is 7.06. The number of imide groups is 1. The van der Waals surface area contributed by atoms with E-state index in [-0.39, 0.29) is 29.6 Å². The van der Waals surface area contributed by atoms with Crippen LogP contribution in [0.15, 0.2) is 47.1 Å². The first-order valence-corrected chi connectivity index (χ1v) is 21.5. The van der Waals surface area contributed by atoms with Gasteiger partial charge in [0, 0.05) is 74.9 Å². The molecule has 6 aliphatic rings. The fourth-order valence-electron chi connectivity index (χ4n) is 11.1. The number of fused-ring (bicyclic) bond motifs is 5. The van der Waals surface area contributed by atoms with Crippen molar-refractivity contribution in [3.63, 3.8) is 0 Å². The zero-order valence-corrected chi connectivity index (χ0v) is 33.6. The maximum Gasteiger partial charge on any atom is 0.320 e. The summed E-state index contributed by atoms with van der Waals surface area (Å²) < 4.78 is 5.94. The number of rotatable bonds is 9. The second kappa shape index (κ2) is 15.2. The van der Waals surface area contributed by atoms with Crippen molar-refractivity contribution < 1.29 is 23.7 Å².